The molecule has 0 bridgehead atoms. The fourth-order valence-corrected chi connectivity index (χ4v) is 3.71. The number of carbonyl (C=O) groups is 2. The smallest absolute Gasteiger partial charge is 0.243 e. The highest BCUT2D eigenvalue weighted by molar-refractivity contribution is 7.99. The molecule has 32 heavy (non-hydrogen) atoms. The molecule has 1 aromatic heterocycles. The molecule has 0 fully saturated rings. The Morgan fingerprint density at radius 3 is 2.50 bits per heavy atom. The van der Waals surface area contributed by atoms with Gasteiger partial charge in [0.05, 0.1) is 18.0 Å². The lowest BCUT2D eigenvalue weighted by Crippen LogP contribution is -2.34. The Labute approximate surface area is 186 Å². The van der Waals surface area contributed by atoms with Gasteiger partial charge in [-0.15, -0.1) is 10.2 Å². The summed E-state index contributed by atoms with van der Waals surface area (Å²) in [4.78, 5) is 24.0. The summed E-state index contributed by atoms with van der Waals surface area (Å²) in [6.07, 6.45) is 0. The number of anilines is 1. The van der Waals surface area contributed by atoms with E-state index in [1.54, 1.807) is 0 Å². The highest BCUT2D eigenvalue weighted by Crippen LogP contribution is 2.26. The number of nitrogens with one attached hydrogen (secondary N) is 2. The van der Waals surface area contributed by atoms with Crippen LogP contribution in [0.25, 0.3) is 11.4 Å². The molecule has 7 nitrogen and oxygen atoms in total. The molecule has 0 aliphatic carbocycles. The van der Waals surface area contributed by atoms with Gasteiger partial charge < -0.3 is 15.2 Å². The number of halogens is 3. The highest BCUT2D eigenvalue weighted by atomic mass is 32.2. The van der Waals surface area contributed by atoms with Gasteiger partial charge in [-0.25, -0.2) is 13.2 Å². The summed E-state index contributed by atoms with van der Waals surface area (Å²) in [7, 11) is 0. The van der Waals surface area contributed by atoms with E-state index in [1.165, 1.54) is 0 Å². The number of aromatic nitrogens is 3. The Morgan fingerprint density at radius 1 is 1.03 bits per heavy atom. The van der Waals surface area contributed by atoms with Crippen LogP contribution in [0.3, 0.4) is 0 Å². The van der Waals surface area contributed by atoms with Crippen molar-refractivity contribution in [3.63, 3.8) is 0 Å². The van der Waals surface area contributed by atoms with E-state index < -0.39 is 41.5 Å². The molecule has 2 aromatic carbocycles. The van der Waals surface area contributed by atoms with Crippen molar-refractivity contribution in [3.05, 3.63) is 59.4 Å². The van der Waals surface area contributed by atoms with E-state index in [-0.39, 0.29) is 5.75 Å². The molecule has 0 saturated heterocycles. The van der Waals surface area contributed by atoms with Crippen molar-refractivity contribution in [3.8, 4) is 11.4 Å². The largest absolute Gasteiger partial charge is 0.346 e. The van der Waals surface area contributed by atoms with Crippen molar-refractivity contribution in [1.29, 1.82) is 0 Å². The van der Waals surface area contributed by atoms with Crippen molar-refractivity contribution < 1.29 is 22.8 Å². The average Bonchev–Trinajstić information content (AvgIpc) is 3.19. The molecule has 3 aromatic rings. The third-order valence-corrected chi connectivity index (χ3v) is 5.47. The number of carbonyl (C=O) groups excluding carboxylic acids is 2. The third kappa shape index (κ3) is 5.28. The Kier molecular flexibility index (Phi) is 7.52. The summed E-state index contributed by atoms with van der Waals surface area (Å²) in [5.74, 6) is -5.14. The summed E-state index contributed by atoms with van der Waals surface area (Å²) in [5.41, 5.74) is 1.48. The van der Waals surface area contributed by atoms with Crippen molar-refractivity contribution in [1.82, 2.24) is 20.1 Å². The van der Waals surface area contributed by atoms with Crippen LogP contribution in [0.1, 0.15) is 12.5 Å². The predicted molar refractivity (Wildman–Crippen MR) is 115 cm³/mol. The van der Waals surface area contributed by atoms with Gasteiger partial charge in [-0.3, -0.25) is 9.59 Å². The van der Waals surface area contributed by atoms with Crippen LogP contribution in [-0.2, 0) is 16.1 Å². The zero-order valence-corrected chi connectivity index (χ0v) is 18.1. The molecule has 0 atom stereocenters. The molecule has 1 heterocycles. The number of aryl methyl sites for hydroxylation is 1. The lowest BCUT2D eigenvalue weighted by molar-refractivity contribution is -0.122. The van der Waals surface area contributed by atoms with E-state index in [0.717, 1.165) is 29.0 Å². The first-order valence-corrected chi connectivity index (χ1v) is 10.6. The first-order chi connectivity index (χ1) is 15.3. The van der Waals surface area contributed by atoms with Crippen LogP contribution in [0.2, 0.25) is 0 Å². The topological polar surface area (TPSA) is 88.9 Å². The quantitative estimate of drug-likeness (QED) is 0.394. The van der Waals surface area contributed by atoms with Crippen molar-refractivity contribution in [2.75, 3.05) is 17.6 Å². The average molecular weight is 463 g/mol. The number of hydrogen-bond acceptors (Lipinski definition) is 5. The van der Waals surface area contributed by atoms with E-state index in [4.69, 9.17) is 0 Å². The minimum absolute atomic E-state index is 0.0290. The van der Waals surface area contributed by atoms with E-state index in [9.17, 15) is 22.8 Å². The lowest BCUT2D eigenvalue weighted by atomic mass is 10.1. The first kappa shape index (κ1) is 23.3. The lowest BCUT2D eigenvalue weighted by Gasteiger charge is -2.10. The molecule has 0 spiro atoms. The first-order valence-electron chi connectivity index (χ1n) is 9.63. The van der Waals surface area contributed by atoms with Gasteiger partial charge in [0.25, 0.3) is 0 Å². The van der Waals surface area contributed by atoms with Crippen LogP contribution >= 0.6 is 11.8 Å². The molecule has 0 radical (unpaired) electrons. The Hall–Kier alpha value is -3.34. The number of nitrogens with zero attached hydrogens (tertiary/aromatic N) is 3. The third-order valence-electron chi connectivity index (χ3n) is 4.51. The molecule has 2 N–H and O–H groups in total. The van der Waals surface area contributed by atoms with E-state index in [0.29, 0.717) is 23.6 Å². The second kappa shape index (κ2) is 10.3. The van der Waals surface area contributed by atoms with Crippen LogP contribution in [0.4, 0.5) is 18.9 Å². The van der Waals surface area contributed by atoms with Gasteiger partial charge in [0.2, 0.25) is 11.8 Å². The summed E-state index contributed by atoms with van der Waals surface area (Å²) >= 11 is 1.16. The normalized spacial score (nSPS) is 10.8. The zero-order chi connectivity index (χ0) is 23.3. The van der Waals surface area contributed by atoms with Gasteiger partial charge in [-0.1, -0.05) is 36.0 Å². The van der Waals surface area contributed by atoms with Gasteiger partial charge in [0, 0.05) is 12.1 Å². The molecule has 0 saturated carbocycles. The van der Waals surface area contributed by atoms with Crippen LogP contribution in [-0.4, -0.2) is 38.9 Å². The van der Waals surface area contributed by atoms with Crippen LogP contribution < -0.4 is 10.6 Å². The maximum absolute atomic E-state index is 13.6. The number of benzene rings is 2. The molecular formula is C21H20F3N5O2S. The summed E-state index contributed by atoms with van der Waals surface area (Å²) in [6, 6.07) is 9.35. The molecule has 3 rings (SSSR count). The van der Waals surface area contributed by atoms with Gasteiger partial charge in [0.1, 0.15) is 0 Å². The Morgan fingerprint density at radius 2 is 1.78 bits per heavy atom. The van der Waals surface area contributed by atoms with E-state index in [2.05, 4.69) is 20.8 Å². The van der Waals surface area contributed by atoms with Crippen LogP contribution in [0.5, 0.6) is 0 Å². The second-order valence-electron chi connectivity index (χ2n) is 6.70. The Bertz CT molecular complexity index is 1150. The number of rotatable bonds is 8. The van der Waals surface area contributed by atoms with E-state index >= 15 is 0 Å². The SMILES string of the molecule is CCn1c(SCC(=O)NCC(=O)Nc2ccc(F)c(F)c2F)nnc1-c1ccccc1C. The molecule has 168 valence electrons. The van der Waals surface area contributed by atoms with E-state index in [1.807, 2.05) is 42.7 Å². The van der Waals surface area contributed by atoms with Gasteiger partial charge in [-0.2, -0.15) is 0 Å². The van der Waals surface area contributed by atoms with Crippen LogP contribution in [0.15, 0.2) is 41.6 Å². The summed E-state index contributed by atoms with van der Waals surface area (Å²) in [6.45, 7) is 4.05. The predicted octanol–water partition coefficient (Wildman–Crippen LogP) is 3.54. The zero-order valence-electron chi connectivity index (χ0n) is 17.3. The molecule has 0 aliphatic rings. The van der Waals surface area contributed by atoms with Crippen molar-refractivity contribution in [2.24, 2.45) is 0 Å². The highest BCUT2D eigenvalue weighted by Gasteiger charge is 2.17. The second-order valence-corrected chi connectivity index (χ2v) is 7.64. The van der Waals surface area contributed by atoms with Gasteiger partial charge >= 0.3 is 0 Å². The fraction of sp³-hybridized carbons (Fsp3) is 0.238. The fourth-order valence-electron chi connectivity index (χ4n) is 2.88. The molecule has 2 amide bonds. The molecular weight excluding hydrogens is 443 g/mol. The standard InChI is InChI=1S/C21H20F3N5O2S/c1-3-29-20(13-7-5-4-6-12(13)2)27-28-21(29)32-11-17(31)25-10-16(30)26-15-9-8-14(22)18(23)19(15)24/h4-9H,3,10-11H2,1-2H3,(H,25,31)(H,26,30). The van der Waals surface area contributed by atoms with Crippen LogP contribution in [0, 0.1) is 24.4 Å². The monoisotopic (exact) mass is 463 g/mol. The summed E-state index contributed by atoms with van der Waals surface area (Å²) in [5, 5.41) is 13.4. The van der Waals surface area contributed by atoms with Crippen molar-refractivity contribution >= 4 is 29.3 Å². The minimum Gasteiger partial charge on any atom is -0.346 e. The van der Waals surface area contributed by atoms with Crippen molar-refractivity contribution in [2.45, 2.75) is 25.5 Å². The maximum Gasteiger partial charge on any atom is 0.243 e. The molecule has 11 heteroatoms. The number of amides is 2. The van der Waals surface area contributed by atoms with Gasteiger partial charge in [0.15, 0.2) is 28.4 Å². The molecule has 0 aliphatic heterocycles. The maximum atomic E-state index is 13.6. The van der Waals surface area contributed by atoms with Gasteiger partial charge in [-0.05, 0) is 31.5 Å². The Balaban J connectivity index is 1.55. The molecule has 0 unspecified atom stereocenters. The number of hydrogen-bond donors (Lipinski definition) is 2. The minimum atomic E-state index is -1.69. The summed E-state index contributed by atoms with van der Waals surface area (Å²) < 4.78 is 41.7. The number of thioether (sulfide) groups is 1.